The van der Waals surface area contributed by atoms with Crippen LogP contribution in [0.5, 0.6) is 0 Å². The Morgan fingerprint density at radius 1 is 1.12 bits per heavy atom. The third kappa shape index (κ3) is 3.78. The number of thiophene rings is 1. The largest absolute Gasteiger partial charge is 0.450 e. The van der Waals surface area contributed by atoms with E-state index in [4.69, 9.17) is 27.9 Å². The molecular weight excluding hydrogens is 391 g/mol. The number of ether oxygens (including phenoxy) is 1. The van der Waals surface area contributed by atoms with E-state index in [2.05, 4.69) is 0 Å². The normalized spacial score (nSPS) is 12.2. The highest BCUT2D eigenvalue weighted by Crippen LogP contribution is 2.37. The van der Waals surface area contributed by atoms with E-state index in [1.165, 1.54) is 11.3 Å². The molecule has 3 nitrogen and oxygen atoms in total. The Balaban J connectivity index is 1.78. The van der Waals surface area contributed by atoms with Crippen molar-refractivity contribution in [3.63, 3.8) is 0 Å². The standard InChI is InChI=1S/C20H16Cl2O3S/c1-3-12-4-6-13(7-5-12)18(23)11(2)25-20(24)19-17(22)15-9-8-14(21)10-16(15)26-19/h4-11H,3H2,1-2H3/t11-/m1/s1. The Kier molecular flexibility index (Phi) is 5.66. The average molecular weight is 407 g/mol. The maximum absolute atomic E-state index is 12.5. The van der Waals surface area contributed by atoms with Gasteiger partial charge in [0.05, 0.1) is 5.02 Å². The summed E-state index contributed by atoms with van der Waals surface area (Å²) < 4.78 is 6.15. The van der Waals surface area contributed by atoms with Crippen molar-refractivity contribution in [1.29, 1.82) is 0 Å². The van der Waals surface area contributed by atoms with Gasteiger partial charge in [0.25, 0.3) is 0 Å². The molecule has 0 spiro atoms. The van der Waals surface area contributed by atoms with Crippen LogP contribution in [0.25, 0.3) is 10.1 Å². The summed E-state index contributed by atoms with van der Waals surface area (Å²) in [6, 6.07) is 12.5. The molecule has 0 aliphatic rings. The van der Waals surface area contributed by atoms with Crippen LogP contribution in [0.3, 0.4) is 0 Å². The zero-order valence-electron chi connectivity index (χ0n) is 14.2. The summed E-state index contributed by atoms with van der Waals surface area (Å²) in [4.78, 5) is 25.2. The maximum Gasteiger partial charge on any atom is 0.350 e. The van der Waals surface area contributed by atoms with Crippen LogP contribution in [0.1, 0.15) is 39.4 Å². The Morgan fingerprint density at radius 3 is 2.46 bits per heavy atom. The zero-order chi connectivity index (χ0) is 18.8. The minimum Gasteiger partial charge on any atom is -0.450 e. The molecule has 0 fully saturated rings. The summed E-state index contributed by atoms with van der Waals surface area (Å²) in [6.45, 7) is 3.61. The van der Waals surface area contributed by atoms with Crippen molar-refractivity contribution >= 4 is 56.4 Å². The van der Waals surface area contributed by atoms with Gasteiger partial charge in [-0.25, -0.2) is 4.79 Å². The molecule has 1 aromatic heterocycles. The van der Waals surface area contributed by atoms with Gasteiger partial charge in [0, 0.05) is 20.7 Å². The summed E-state index contributed by atoms with van der Waals surface area (Å²) in [5.41, 5.74) is 1.65. The average Bonchev–Trinajstić information content (AvgIpc) is 2.97. The van der Waals surface area contributed by atoms with Crippen LogP contribution in [-0.2, 0) is 11.2 Å². The van der Waals surface area contributed by atoms with E-state index >= 15 is 0 Å². The molecule has 0 N–H and O–H groups in total. The third-order valence-electron chi connectivity index (χ3n) is 4.08. The third-order valence-corrected chi connectivity index (χ3v) is 5.95. The van der Waals surface area contributed by atoms with E-state index in [0.717, 1.165) is 22.1 Å². The van der Waals surface area contributed by atoms with Crippen molar-refractivity contribution in [2.24, 2.45) is 0 Å². The summed E-state index contributed by atoms with van der Waals surface area (Å²) in [7, 11) is 0. The van der Waals surface area contributed by atoms with Gasteiger partial charge in [-0.05, 0) is 31.0 Å². The fourth-order valence-corrected chi connectivity index (χ4v) is 4.24. The van der Waals surface area contributed by atoms with Gasteiger partial charge < -0.3 is 4.74 Å². The summed E-state index contributed by atoms with van der Waals surface area (Å²) >= 11 is 13.5. The highest BCUT2D eigenvalue weighted by atomic mass is 35.5. The number of hydrogen-bond donors (Lipinski definition) is 0. The predicted octanol–water partition coefficient (Wildman–Crippen LogP) is 6.20. The molecule has 1 atom stereocenters. The lowest BCUT2D eigenvalue weighted by atomic mass is 10.0. The van der Waals surface area contributed by atoms with E-state index in [0.29, 0.717) is 15.6 Å². The number of benzene rings is 2. The fraction of sp³-hybridized carbons (Fsp3) is 0.200. The van der Waals surface area contributed by atoms with Crippen LogP contribution in [0.2, 0.25) is 10.0 Å². The van der Waals surface area contributed by atoms with Crippen molar-refractivity contribution in [2.45, 2.75) is 26.4 Å². The molecule has 2 aromatic carbocycles. The first-order valence-corrected chi connectivity index (χ1v) is 9.69. The molecule has 0 aliphatic heterocycles. The molecule has 3 rings (SSSR count). The molecule has 0 radical (unpaired) electrons. The smallest absolute Gasteiger partial charge is 0.350 e. The van der Waals surface area contributed by atoms with E-state index in [-0.39, 0.29) is 10.7 Å². The topological polar surface area (TPSA) is 43.4 Å². The number of fused-ring (bicyclic) bond motifs is 1. The molecule has 0 saturated heterocycles. The molecule has 0 saturated carbocycles. The molecule has 0 bridgehead atoms. The van der Waals surface area contributed by atoms with Crippen molar-refractivity contribution in [2.75, 3.05) is 0 Å². The number of ketones is 1. The number of hydrogen-bond acceptors (Lipinski definition) is 4. The molecule has 6 heteroatoms. The minimum atomic E-state index is -0.903. The first-order valence-electron chi connectivity index (χ1n) is 8.12. The quantitative estimate of drug-likeness (QED) is 0.374. The lowest BCUT2D eigenvalue weighted by Crippen LogP contribution is -2.24. The fourth-order valence-electron chi connectivity index (χ4n) is 2.58. The molecule has 0 unspecified atom stereocenters. The second-order valence-corrected chi connectivity index (χ2v) is 7.71. The van der Waals surface area contributed by atoms with E-state index in [1.54, 1.807) is 37.3 Å². The number of carbonyl (C=O) groups is 2. The molecule has 1 heterocycles. The van der Waals surface area contributed by atoms with Crippen molar-refractivity contribution in [1.82, 2.24) is 0 Å². The van der Waals surface area contributed by atoms with Crippen LogP contribution < -0.4 is 0 Å². The monoisotopic (exact) mass is 406 g/mol. The maximum atomic E-state index is 12.5. The first-order chi connectivity index (χ1) is 12.4. The number of rotatable bonds is 5. The second-order valence-electron chi connectivity index (χ2n) is 5.85. The van der Waals surface area contributed by atoms with E-state index in [9.17, 15) is 9.59 Å². The lowest BCUT2D eigenvalue weighted by molar-refractivity contribution is 0.0324. The van der Waals surface area contributed by atoms with Gasteiger partial charge in [0.1, 0.15) is 4.88 Å². The SMILES string of the molecule is CCc1ccc(C(=O)[C@@H](C)OC(=O)c2sc3cc(Cl)ccc3c2Cl)cc1. The summed E-state index contributed by atoms with van der Waals surface area (Å²) in [6.07, 6.45) is -0.00663. The van der Waals surface area contributed by atoms with Gasteiger partial charge >= 0.3 is 5.97 Å². The molecule has 134 valence electrons. The van der Waals surface area contributed by atoms with Crippen LogP contribution >= 0.6 is 34.5 Å². The summed E-state index contributed by atoms with van der Waals surface area (Å²) in [5.74, 6) is -0.861. The second kappa shape index (κ2) is 7.78. The van der Waals surface area contributed by atoms with Crippen LogP contribution in [0, 0.1) is 0 Å². The molecule has 26 heavy (non-hydrogen) atoms. The van der Waals surface area contributed by atoms with Crippen LogP contribution in [0.15, 0.2) is 42.5 Å². The highest BCUT2D eigenvalue weighted by Gasteiger charge is 2.24. The zero-order valence-corrected chi connectivity index (χ0v) is 16.5. The minimum absolute atomic E-state index is 0.249. The first kappa shape index (κ1) is 18.9. The number of halogens is 2. The number of carbonyl (C=O) groups excluding carboxylic acids is 2. The number of esters is 1. The molecule has 0 aliphatic carbocycles. The van der Waals surface area contributed by atoms with Gasteiger partial charge in [-0.15, -0.1) is 11.3 Å². The van der Waals surface area contributed by atoms with Gasteiger partial charge in [-0.2, -0.15) is 0 Å². The van der Waals surface area contributed by atoms with Crippen molar-refractivity contribution in [3.05, 3.63) is 68.5 Å². The van der Waals surface area contributed by atoms with Gasteiger partial charge in [-0.1, -0.05) is 60.5 Å². The number of Topliss-reactive ketones (excluding diaryl/α,β-unsaturated/α-hetero) is 1. The van der Waals surface area contributed by atoms with E-state index < -0.39 is 12.1 Å². The van der Waals surface area contributed by atoms with Crippen LogP contribution in [-0.4, -0.2) is 17.9 Å². The van der Waals surface area contributed by atoms with Gasteiger partial charge in [0.2, 0.25) is 5.78 Å². The lowest BCUT2D eigenvalue weighted by Gasteiger charge is -2.12. The Labute approximate surface area is 165 Å². The number of aryl methyl sites for hydroxylation is 1. The molecular formula is C20H16Cl2O3S. The Hall–Kier alpha value is -1.88. The van der Waals surface area contributed by atoms with Crippen molar-refractivity contribution < 1.29 is 14.3 Å². The predicted molar refractivity (Wildman–Crippen MR) is 107 cm³/mol. The molecule has 3 aromatic rings. The van der Waals surface area contributed by atoms with E-state index in [1.807, 2.05) is 19.1 Å². The Bertz CT molecular complexity index is 977. The Morgan fingerprint density at radius 2 is 1.81 bits per heavy atom. The van der Waals surface area contributed by atoms with Gasteiger partial charge in [0.15, 0.2) is 6.10 Å². The van der Waals surface area contributed by atoms with Crippen LogP contribution in [0.4, 0.5) is 0 Å². The molecule has 0 amide bonds. The van der Waals surface area contributed by atoms with Crippen molar-refractivity contribution in [3.8, 4) is 0 Å². The summed E-state index contributed by atoms with van der Waals surface area (Å²) in [5, 5.41) is 1.62. The highest BCUT2D eigenvalue weighted by molar-refractivity contribution is 7.21. The van der Waals surface area contributed by atoms with Gasteiger partial charge in [-0.3, -0.25) is 4.79 Å².